The largest absolute Gasteiger partial charge is 0.402 e. The molecule has 1 aromatic heterocycles. The standard InChI is InChI=1S/C24H21Cl2N3O3/c1-4-29(5-2)16-11-9-15(10-12-16)13-19-24(30)31-23(27-19)20-14(3)28-32-22(20)21-17(25)7-6-8-18(21)26/h6-13H,4-5H2,1-3H3/b19-13+. The topological polar surface area (TPSA) is 67.9 Å². The summed E-state index contributed by atoms with van der Waals surface area (Å²) in [6, 6.07) is 13.1. The molecule has 0 bridgehead atoms. The van der Waals surface area contributed by atoms with Crippen LogP contribution in [-0.4, -0.2) is 30.1 Å². The first kappa shape index (κ1) is 22.1. The van der Waals surface area contributed by atoms with E-state index >= 15 is 0 Å². The number of rotatable bonds is 6. The maximum absolute atomic E-state index is 12.5. The van der Waals surface area contributed by atoms with Crippen molar-refractivity contribution >= 4 is 46.8 Å². The summed E-state index contributed by atoms with van der Waals surface area (Å²) in [6.07, 6.45) is 1.69. The highest BCUT2D eigenvalue weighted by Crippen LogP contribution is 2.38. The van der Waals surface area contributed by atoms with Crippen molar-refractivity contribution in [2.24, 2.45) is 4.99 Å². The molecule has 8 heteroatoms. The SMILES string of the molecule is CCN(CC)c1ccc(/C=C2/N=C(c3c(C)noc3-c3c(Cl)cccc3Cl)OC2=O)cc1. The molecule has 0 radical (unpaired) electrons. The Morgan fingerprint density at radius 2 is 1.66 bits per heavy atom. The number of ether oxygens (including phenoxy) is 1. The number of aromatic nitrogens is 1. The van der Waals surface area contributed by atoms with E-state index in [-0.39, 0.29) is 11.6 Å². The van der Waals surface area contributed by atoms with Crippen LogP contribution in [0.15, 0.2) is 57.7 Å². The molecule has 0 spiro atoms. The predicted octanol–water partition coefficient (Wildman–Crippen LogP) is 6.15. The molecule has 6 nitrogen and oxygen atoms in total. The summed E-state index contributed by atoms with van der Waals surface area (Å²) in [5.41, 5.74) is 3.56. The Morgan fingerprint density at radius 1 is 1.00 bits per heavy atom. The maximum atomic E-state index is 12.5. The van der Waals surface area contributed by atoms with Crippen LogP contribution in [0, 0.1) is 6.92 Å². The van der Waals surface area contributed by atoms with Crippen LogP contribution in [0.5, 0.6) is 0 Å². The molecule has 4 rings (SSSR count). The van der Waals surface area contributed by atoms with E-state index in [9.17, 15) is 4.79 Å². The fraction of sp³-hybridized carbons (Fsp3) is 0.208. The zero-order valence-electron chi connectivity index (χ0n) is 17.9. The van der Waals surface area contributed by atoms with Crippen molar-refractivity contribution in [3.63, 3.8) is 0 Å². The average molecular weight is 470 g/mol. The number of nitrogens with zero attached hydrogens (tertiary/aromatic N) is 3. The molecule has 0 N–H and O–H groups in total. The van der Waals surface area contributed by atoms with Crippen LogP contribution >= 0.6 is 23.2 Å². The van der Waals surface area contributed by atoms with Crippen molar-refractivity contribution in [1.29, 1.82) is 0 Å². The number of carbonyl (C=O) groups excluding carboxylic acids is 1. The Morgan fingerprint density at radius 3 is 2.28 bits per heavy atom. The molecule has 3 aromatic rings. The van der Waals surface area contributed by atoms with Crippen molar-refractivity contribution in [3.8, 4) is 11.3 Å². The molecule has 0 saturated carbocycles. The lowest BCUT2D eigenvalue weighted by Gasteiger charge is -2.20. The summed E-state index contributed by atoms with van der Waals surface area (Å²) >= 11 is 12.7. The van der Waals surface area contributed by atoms with Gasteiger partial charge in [0, 0.05) is 18.8 Å². The van der Waals surface area contributed by atoms with E-state index in [1.807, 2.05) is 24.3 Å². The molecule has 2 heterocycles. The van der Waals surface area contributed by atoms with E-state index in [1.165, 1.54) is 0 Å². The first-order chi connectivity index (χ1) is 15.4. The van der Waals surface area contributed by atoms with Gasteiger partial charge in [0.25, 0.3) is 0 Å². The molecule has 0 amide bonds. The first-order valence-corrected chi connectivity index (χ1v) is 11.0. The van der Waals surface area contributed by atoms with Crippen LogP contribution in [-0.2, 0) is 9.53 Å². The highest BCUT2D eigenvalue weighted by Gasteiger charge is 2.31. The van der Waals surface area contributed by atoms with Crippen LogP contribution in [0.25, 0.3) is 17.4 Å². The number of aliphatic imine (C=N–C) groups is 1. The van der Waals surface area contributed by atoms with Gasteiger partial charge < -0.3 is 14.2 Å². The number of anilines is 1. The highest BCUT2D eigenvalue weighted by molar-refractivity contribution is 6.39. The van der Waals surface area contributed by atoms with Gasteiger partial charge in [-0.15, -0.1) is 0 Å². The lowest BCUT2D eigenvalue weighted by molar-refractivity contribution is -0.129. The Kier molecular flexibility index (Phi) is 6.35. The van der Waals surface area contributed by atoms with Gasteiger partial charge in [0.2, 0.25) is 5.90 Å². The van der Waals surface area contributed by atoms with Gasteiger partial charge in [-0.2, -0.15) is 0 Å². The van der Waals surface area contributed by atoms with Gasteiger partial charge in [0.1, 0.15) is 5.56 Å². The summed E-state index contributed by atoms with van der Waals surface area (Å²) in [5, 5.41) is 4.79. The second kappa shape index (κ2) is 9.18. The molecule has 0 atom stereocenters. The van der Waals surface area contributed by atoms with Crippen LogP contribution in [0.1, 0.15) is 30.7 Å². The van der Waals surface area contributed by atoms with Crippen LogP contribution < -0.4 is 4.90 Å². The monoisotopic (exact) mass is 469 g/mol. The molecule has 2 aromatic carbocycles. The van der Waals surface area contributed by atoms with Crippen molar-refractivity contribution in [2.45, 2.75) is 20.8 Å². The van der Waals surface area contributed by atoms with Crippen molar-refractivity contribution < 1.29 is 14.1 Å². The number of benzene rings is 2. The number of hydrogen-bond acceptors (Lipinski definition) is 6. The Balaban J connectivity index is 1.70. The molecule has 0 fully saturated rings. The van der Waals surface area contributed by atoms with E-state index in [4.69, 9.17) is 32.5 Å². The molecular formula is C24H21Cl2N3O3. The number of hydrogen-bond donors (Lipinski definition) is 0. The molecule has 0 aliphatic carbocycles. The van der Waals surface area contributed by atoms with Gasteiger partial charge in [0.15, 0.2) is 11.5 Å². The average Bonchev–Trinajstić information content (AvgIpc) is 3.32. The predicted molar refractivity (Wildman–Crippen MR) is 127 cm³/mol. The summed E-state index contributed by atoms with van der Waals surface area (Å²) in [6.45, 7) is 7.80. The summed E-state index contributed by atoms with van der Waals surface area (Å²) in [7, 11) is 0. The minimum absolute atomic E-state index is 0.103. The zero-order chi connectivity index (χ0) is 22.8. The van der Waals surface area contributed by atoms with Crippen LogP contribution in [0.4, 0.5) is 5.69 Å². The van der Waals surface area contributed by atoms with Gasteiger partial charge in [-0.1, -0.05) is 46.6 Å². The van der Waals surface area contributed by atoms with E-state index in [0.717, 1.165) is 24.3 Å². The second-order valence-electron chi connectivity index (χ2n) is 7.17. The zero-order valence-corrected chi connectivity index (χ0v) is 19.4. The quantitative estimate of drug-likeness (QED) is 0.320. The number of aryl methyl sites for hydroxylation is 1. The minimum atomic E-state index is -0.551. The Hall–Kier alpha value is -3.09. The third-order valence-corrected chi connectivity index (χ3v) is 5.84. The summed E-state index contributed by atoms with van der Waals surface area (Å²) in [5.74, 6) is -0.148. The third kappa shape index (κ3) is 4.16. The van der Waals surface area contributed by atoms with Crippen molar-refractivity contribution in [3.05, 3.63) is 75.0 Å². The second-order valence-corrected chi connectivity index (χ2v) is 7.98. The van der Waals surface area contributed by atoms with Gasteiger partial charge in [0.05, 0.1) is 21.3 Å². The van der Waals surface area contributed by atoms with Crippen LogP contribution in [0.2, 0.25) is 10.0 Å². The van der Waals surface area contributed by atoms with Gasteiger partial charge in [-0.05, 0) is 56.7 Å². The Labute approximate surface area is 196 Å². The fourth-order valence-corrected chi connectivity index (χ4v) is 4.12. The molecule has 1 aliphatic heterocycles. The molecular weight excluding hydrogens is 449 g/mol. The van der Waals surface area contributed by atoms with E-state index in [2.05, 4.69) is 28.9 Å². The lowest BCUT2D eigenvalue weighted by Crippen LogP contribution is -2.21. The van der Waals surface area contributed by atoms with Crippen LogP contribution in [0.3, 0.4) is 0 Å². The number of halogens is 2. The van der Waals surface area contributed by atoms with E-state index in [1.54, 1.807) is 31.2 Å². The number of carbonyl (C=O) groups is 1. The van der Waals surface area contributed by atoms with E-state index in [0.29, 0.717) is 32.6 Å². The van der Waals surface area contributed by atoms with Crippen molar-refractivity contribution in [1.82, 2.24) is 5.16 Å². The molecule has 164 valence electrons. The van der Waals surface area contributed by atoms with Crippen molar-refractivity contribution in [2.75, 3.05) is 18.0 Å². The Bertz CT molecular complexity index is 1210. The summed E-state index contributed by atoms with van der Waals surface area (Å²) < 4.78 is 10.9. The number of cyclic esters (lactones) is 1. The highest BCUT2D eigenvalue weighted by atomic mass is 35.5. The summed E-state index contributed by atoms with van der Waals surface area (Å²) in [4.78, 5) is 19.2. The van der Waals surface area contributed by atoms with E-state index < -0.39 is 5.97 Å². The molecule has 0 saturated heterocycles. The molecule has 0 unspecified atom stereocenters. The fourth-order valence-electron chi connectivity index (χ4n) is 3.55. The van der Waals surface area contributed by atoms with Gasteiger partial charge in [-0.25, -0.2) is 9.79 Å². The lowest BCUT2D eigenvalue weighted by atomic mass is 10.1. The first-order valence-electron chi connectivity index (χ1n) is 10.2. The van der Waals surface area contributed by atoms with Gasteiger partial charge >= 0.3 is 5.97 Å². The normalized spacial score (nSPS) is 14.6. The van der Waals surface area contributed by atoms with Gasteiger partial charge in [-0.3, -0.25) is 0 Å². The maximum Gasteiger partial charge on any atom is 0.363 e. The smallest absolute Gasteiger partial charge is 0.363 e. The molecule has 32 heavy (non-hydrogen) atoms. The third-order valence-electron chi connectivity index (χ3n) is 5.21. The molecule has 1 aliphatic rings. The minimum Gasteiger partial charge on any atom is -0.402 e. The number of esters is 1.